The molecule has 0 aliphatic heterocycles. The fourth-order valence-electron chi connectivity index (χ4n) is 0.956. The summed E-state index contributed by atoms with van der Waals surface area (Å²) in [6.07, 6.45) is 0.876. The van der Waals surface area contributed by atoms with Crippen molar-refractivity contribution in [1.29, 1.82) is 0 Å². The van der Waals surface area contributed by atoms with Crippen LogP contribution in [0.3, 0.4) is 0 Å². The monoisotopic (exact) mass is 155 g/mol. The smallest absolute Gasteiger partial charge is 0.0816 e. The molecule has 0 aromatic rings. The minimum atomic E-state index is 0.436. The second kappa shape index (κ2) is 5.05. The van der Waals surface area contributed by atoms with Gasteiger partial charge in [-0.05, 0) is 33.1 Å². The zero-order chi connectivity index (χ0) is 8.85. The lowest BCUT2D eigenvalue weighted by molar-refractivity contribution is 0.616. The number of nitroso groups, excluding NO2 is 1. The van der Waals surface area contributed by atoms with E-state index < -0.39 is 0 Å². The van der Waals surface area contributed by atoms with Gasteiger partial charge in [-0.1, -0.05) is 23.2 Å². The quantitative estimate of drug-likeness (QED) is 0.453. The number of rotatable bonds is 4. The minimum absolute atomic E-state index is 0.436. The van der Waals surface area contributed by atoms with Gasteiger partial charge in [-0.2, -0.15) is 4.91 Å². The molecule has 0 aliphatic rings. The largest absolute Gasteiger partial charge is 0.151 e. The molecule has 0 N–H and O–H groups in total. The van der Waals surface area contributed by atoms with E-state index in [0.29, 0.717) is 12.5 Å². The highest BCUT2D eigenvalue weighted by Crippen LogP contribution is 2.17. The van der Waals surface area contributed by atoms with Crippen molar-refractivity contribution in [3.63, 3.8) is 0 Å². The topological polar surface area (TPSA) is 29.4 Å². The van der Waals surface area contributed by atoms with Crippen LogP contribution in [0.1, 0.15) is 34.1 Å². The lowest BCUT2D eigenvalue weighted by Crippen LogP contribution is -1.99. The van der Waals surface area contributed by atoms with Crippen molar-refractivity contribution in [3.05, 3.63) is 16.1 Å². The van der Waals surface area contributed by atoms with Crippen molar-refractivity contribution in [1.82, 2.24) is 0 Å². The third-order valence-corrected chi connectivity index (χ3v) is 2.18. The van der Waals surface area contributed by atoms with Gasteiger partial charge in [0, 0.05) is 0 Å². The summed E-state index contributed by atoms with van der Waals surface area (Å²) in [5, 5.41) is 2.84. The van der Waals surface area contributed by atoms with E-state index >= 15 is 0 Å². The molecule has 0 aliphatic carbocycles. The van der Waals surface area contributed by atoms with Crippen LogP contribution in [0.15, 0.2) is 16.3 Å². The Labute approximate surface area is 68.7 Å². The molecule has 0 amide bonds. The molecule has 1 unspecified atom stereocenters. The highest BCUT2D eigenvalue weighted by Gasteiger charge is 2.04. The predicted molar refractivity (Wildman–Crippen MR) is 48.5 cm³/mol. The van der Waals surface area contributed by atoms with Crippen LogP contribution >= 0.6 is 0 Å². The molecular formula is C9H17NO. The maximum atomic E-state index is 9.84. The summed E-state index contributed by atoms with van der Waals surface area (Å²) in [6.45, 7) is 8.88. The van der Waals surface area contributed by atoms with Gasteiger partial charge in [0.25, 0.3) is 0 Å². The average molecular weight is 155 g/mol. The van der Waals surface area contributed by atoms with E-state index in [9.17, 15) is 4.91 Å². The van der Waals surface area contributed by atoms with Crippen molar-refractivity contribution >= 4 is 0 Å². The summed E-state index contributed by atoms with van der Waals surface area (Å²) in [6, 6.07) is 0. The molecule has 11 heavy (non-hydrogen) atoms. The first-order chi connectivity index (χ1) is 5.09. The standard InChI is InChI=1S/C9H17NO/c1-7(2)9(4)8(3)5-6-10-11/h8H,5-6H2,1-4H3. The zero-order valence-electron chi connectivity index (χ0n) is 7.85. The Morgan fingerprint density at radius 3 is 2.27 bits per heavy atom. The molecule has 0 rings (SSSR count). The van der Waals surface area contributed by atoms with Crippen LogP contribution in [0.25, 0.3) is 0 Å². The number of allylic oxidation sites excluding steroid dienone is 2. The number of nitrogens with zero attached hydrogens (tertiary/aromatic N) is 1. The van der Waals surface area contributed by atoms with E-state index in [1.165, 1.54) is 11.1 Å². The number of hydrogen-bond acceptors (Lipinski definition) is 2. The molecule has 0 saturated heterocycles. The molecule has 64 valence electrons. The van der Waals surface area contributed by atoms with Crippen LogP contribution in [-0.4, -0.2) is 6.54 Å². The first-order valence-corrected chi connectivity index (χ1v) is 4.02. The van der Waals surface area contributed by atoms with E-state index in [-0.39, 0.29) is 0 Å². The maximum Gasteiger partial charge on any atom is 0.0816 e. The molecule has 2 heteroatoms. The molecular weight excluding hydrogens is 138 g/mol. The van der Waals surface area contributed by atoms with E-state index in [1.807, 2.05) is 0 Å². The normalized spacial score (nSPS) is 12.4. The van der Waals surface area contributed by atoms with Crippen LogP contribution in [0.4, 0.5) is 0 Å². The molecule has 1 atom stereocenters. The Hall–Kier alpha value is -0.660. The van der Waals surface area contributed by atoms with Gasteiger partial charge in [0.05, 0.1) is 6.54 Å². The van der Waals surface area contributed by atoms with Gasteiger partial charge in [-0.15, -0.1) is 0 Å². The third-order valence-electron chi connectivity index (χ3n) is 2.18. The molecule has 0 aromatic heterocycles. The lowest BCUT2D eigenvalue weighted by atomic mass is 9.96. The first kappa shape index (κ1) is 10.3. The Balaban J connectivity index is 3.92. The van der Waals surface area contributed by atoms with Gasteiger partial charge in [-0.3, -0.25) is 0 Å². The molecule has 0 saturated carbocycles. The molecule has 2 nitrogen and oxygen atoms in total. The van der Waals surface area contributed by atoms with Gasteiger partial charge < -0.3 is 0 Å². The number of hydrogen-bond donors (Lipinski definition) is 0. The zero-order valence-corrected chi connectivity index (χ0v) is 7.85. The Bertz CT molecular complexity index is 157. The van der Waals surface area contributed by atoms with Gasteiger partial charge in [0.1, 0.15) is 0 Å². The Morgan fingerprint density at radius 2 is 1.91 bits per heavy atom. The summed E-state index contributed by atoms with van der Waals surface area (Å²) < 4.78 is 0. The second-order valence-corrected chi connectivity index (χ2v) is 3.23. The van der Waals surface area contributed by atoms with Crippen LogP contribution in [0.5, 0.6) is 0 Å². The van der Waals surface area contributed by atoms with Gasteiger partial charge in [-0.25, -0.2) is 0 Å². The summed E-state index contributed by atoms with van der Waals surface area (Å²) in [5.74, 6) is 0.498. The average Bonchev–Trinajstić information content (AvgIpc) is 1.98. The summed E-state index contributed by atoms with van der Waals surface area (Å²) in [7, 11) is 0. The molecule has 0 fully saturated rings. The van der Waals surface area contributed by atoms with E-state index in [0.717, 1.165) is 6.42 Å². The van der Waals surface area contributed by atoms with Crippen molar-refractivity contribution in [3.8, 4) is 0 Å². The molecule has 0 aromatic carbocycles. The van der Waals surface area contributed by atoms with Crippen LogP contribution in [0, 0.1) is 10.8 Å². The second-order valence-electron chi connectivity index (χ2n) is 3.23. The van der Waals surface area contributed by atoms with Gasteiger partial charge >= 0.3 is 0 Å². The van der Waals surface area contributed by atoms with Crippen LogP contribution in [-0.2, 0) is 0 Å². The summed E-state index contributed by atoms with van der Waals surface area (Å²) >= 11 is 0. The fraction of sp³-hybridized carbons (Fsp3) is 0.778. The fourth-order valence-corrected chi connectivity index (χ4v) is 0.956. The molecule has 0 bridgehead atoms. The minimum Gasteiger partial charge on any atom is -0.151 e. The van der Waals surface area contributed by atoms with Crippen LogP contribution < -0.4 is 0 Å². The first-order valence-electron chi connectivity index (χ1n) is 4.02. The van der Waals surface area contributed by atoms with Gasteiger partial charge in [0.15, 0.2) is 0 Å². The van der Waals surface area contributed by atoms with Crippen molar-refractivity contribution in [2.24, 2.45) is 11.1 Å². The predicted octanol–water partition coefficient (Wildman–Crippen LogP) is 3.14. The summed E-state index contributed by atoms with van der Waals surface area (Å²) in [4.78, 5) is 9.84. The maximum absolute atomic E-state index is 9.84. The van der Waals surface area contributed by atoms with Crippen molar-refractivity contribution in [2.45, 2.75) is 34.1 Å². The lowest BCUT2D eigenvalue weighted by Gasteiger charge is -2.11. The van der Waals surface area contributed by atoms with Crippen molar-refractivity contribution < 1.29 is 0 Å². The van der Waals surface area contributed by atoms with Gasteiger partial charge in [0.2, 0.25) is 0 Å². The van der Waals surface area contributed by atoms with Crippen molar-refractivity contribution in [2.75, 3.05) is 6.54 Å². The van der Waals surface area contributed by atoms with Crippen LogP contribution in [0.2, 0.25) is 0 Å². The molecule has 0 radical (unpaired) electrons. The SMILES string of the molecule is CC(C)=C(C)C(C)CCN=O. The molecule has 0 heterocycles. The molecule has 0 spiro atoms. The highest BCUT2D eigenvalue weighted by atomic mass is 16.3. The van der Waals surface area contributed by atoms with E-state index in [1.54, 1.807) is 0 Å². The third kappa shape index (κ3) is 3.91. The van der Waals surface area contributed by atoms with E-state index in [4.69, 9.17) is 0 Å². The summed E-state index contributed by atoms with van der Waals surface area (Å²) in [5.41, 5.74) is 2.73. The Kier molecular flexibility index (Phi) is 4.75. The van der Waals surface area contributed by atoms with E-state index in [2.05, 4.69) is 32.9 Å². The highest BCUT2D eigenvalue weighted by molar-refractivity contribution is 5.09. The Morgan fingerprint density at radius 1 is 1.36 bits per heavy atom.